The van der Waals surface area contributed by atoms with Gasteiger partial charge in [0, 0.05) is 7.05 Å². The van der Waals surface area contributed by atoms with E-state index in [4.69, 9.17) is 18.9 Å². The van der Waals surface area contributed by atoms with Crippen molar-refractivity contribution in [3.05, 3.63) is 11.4 Å². The smallest absolute Gasteiger partial charge is 0.190 e. The van der Waals surface area contributed by atoms with Gasteiger partial charge in [-0.05, 0) is 39.5 Å². The van der Waals surface area contributed by atoms with Gasteiger partial charge in [-0.25, -0.2) is 8.42 Å². The van der Waals surface area contributed by atoms with Gasteiger partial charge in [-0.3, -0.25) is 4.68 Å². The molecule has 3 aliphatic carbocycles. The van der Waals surface area contributed by atoms with E-state index < -0.39 is 45.4 Å². The van der Waals surface area contributed by atoms with Crippen LogP contribution in [0.2, 0.25) is 0 Å². The Bertz CT molecular complexity index is 1090. The molecular formula is C25H35N3O6S. The lowest BCUT2D eigenvalue weighted by Gasteiger charge is -2.57. The Balaban J connectivity index is 1.47. The number of hydrogen-bond acceptors (Lipinski definition) is 8. The first-order valence-corrected chi connectivity index (χ1v) is 14.6. The fraction of sp³-hybridized carbons (Fsp3) is 0.840. The van der Waals surface area contributed by atoms with E-state index >= 15 is 0 Å². The second-order valence-corrected chi connectivity index (χ2v) is 13.0. The third-order valence-corrected chi connectivity index (χ3v) is 11.3. The number of rotatable bonds is 2. The third-order valence-electron chi connectivity index (χ3n) is 8.85. The van der Waals surface area contributed by atoms with E-state index in [2.05, 4.69) is 11.2 Å². The van der Waals surface area contributed by atoms with Crippen molar-refractivity contribution in [1.82, 2.24) is 9.78 Å². The molecular weight excluding hydrogens is 470 g/mol. The number of aryl methyl sites for hydroxylation is 2. The monoisotopic (exact) mass is 505 g/mol. The van der Waals surface area contributed by atoms with Gasteiger partial charge in [0.05, 0.1) is 41.9 Å². The Kier molecular flexibility index (Phi) is 6.00. The summed E-state index contributed by atoms with van der Waals surface area (Å²) in [6, 6.07) is 2.41. The van der Waals surface area contributed by atoms with Crippen molar-refractivity contribution < 1.29 is 27.4 Å². The highest BCUT2D eigenvalue weighted by Crippen LogP contribution is 2.48. The summed E-state index contributed by atoms with van der Waals surface area (Å²) in [5, 5.41) is 13.6. The number of nitriles is 1. The molecule has 1 aromatic rings. The van der Waals surface area contributed by atoms with E-state index in [9.17, 15) is 13.7 Å². The van der Waals surface area contributed by atoms with Crippen molar-refractivity contribution >= 4 is 9.84 Å². The normalized spacial score (nSPS) is 43.3. The topological polar surface area (TPSA) is 113 Å². The number of sulfone groups is 1. The Morgan fingerprint density at radius 2 is 1.26 bits per heavy atom. The molecule has 192 valence electrons. The zero-order valence-corrected chi connectivity index (χ0v) is 21.4. The number of aromatic nitrogens is 2. The lowest BCUT2D eigenvalue weighted by molar-refractivity contribution is -0.311. The highest BCUT2D eigenvalue weighted by molar-refractivity contribution is 7.92. The summed E-state index contributed by atoms with van der Waals surface area (Å²) < 4.78 is 56.8. The van der Waals surface area contributed by atoms with Crippen molar-refractivity contribution in [3.8, 4) is 6.07 Å². The average Bonchev–Trinajstić information content (AvgIpc) is 3.11. The highest BCUT2D eigenvalue weighted by atomic mass is 32.2. The first kappa shape index (κ1) is 23.9. The zero-order chi connectivity index (χ0) is 24.5. The minimum absolute atomic E-state index is 0.116. The summed E-state index contributed by atoms with van der Waals surface area (Å²) in [6.07, 6.45) is 4.01. The van der Waals surface area contributed by atoms with Crippen LogP contribution >= 0.6 is 0 Å². The van der Waals surface area contributed by atoms with Crippen LogP contribution in [0.15, 0.2) is 4.90 Å². The molecule has 2 aliphatic heterocycles. The van der Waals surface area contributed by atoms with Gasteiger partial charge in [0.2, 0.25) is 0 Å². The molecule has 9 nitrogen and oxygen atoms in total. The molecule has 0 N–H and O–H groups in total. The van der Waals surface area contributed by atoms with Crippen molar-refractivity contribution in [2.45, 2.75) is 124 Å². The Labute approximate surface area is 207 Å². The molecule has 3 saturated carbocycles. The second-order valence-electron chi connectivity index (χ2n) is 10.9. The average molecular weight is 506 g/mol. The van der Waals surface area contributed by atoms with Crippen molar-refractivity contribution in [1.29, 1.82) is 5.26 Å². The molecule has 5 fully saturated rings. The van der Waals surface area contributed by atoms with Crippen LogP contribution in [-0.2, 0) is 35.8 Å². The summed E-state index contributed by atoms with van der Waals surface area (Å²) in [4.78, 5) is 0.224. The molecule has 35 heavy (non-hydrogen) atoms. The van der Waals surface area contributed by atoms with E-state index in [1.807, 2.05) is 0 Å². The van der Waals surface area contributed by atoms with Gasteiger partial charge in [-0.2, -0.15) is 10.4 Å². The van der Waals surface area contributed by atoms with Crippen molar-refractivity contribution in [2.24, 2.45) is 13.0 Å². The maximum atomic E-state index is 14.5. The standard InChI is InChI=1S/C25H35N3O6S/c1-13-24(14(2)28(3)27-13)35(29,30)25-22-20(31-16-8-4-6-10-18(16)33-22)15(12-26)21-23(25)34-19-11-7-5-9-17(19)32-21/h15-23,25H,4-11H2,1-3H3. The lowest BCUT2D eigenvalue weighted by atomic mass is 9.77. The lowest BCUT2D eigenvalue weighted by Crippen LogP contribution is -2.72. The summed E-state index contributed by atoms with van der Waals surface area (Å²) in [5.41, 5.74) is 1.04. The Morgan fingerprint density at radius 3 is 1.63 bits per heavy atom. The molecule has 1 aromatic heterocycles. The third kappa shape index (κ3) is 3.69. The number of nitrogens with zero attached hydrogens (tertiary/aromatic N) is 3. The van der Waals surface area contributed by atoms with E-state index in [1.54, 1.807) is 25.6 Å². The molecule has 0 spiro atoms. The van der Waals surface area contributed by atoms with E-state index in [0.717, 1.165) is 51.4 Å². The van der Waals surface area contributed by atoms with Crippen LogP contribution in [0, 0.1) is 31.1 Å². The Hall–Kier alpha value is -1.51. The van der Waals surface area contributed by atoms with Gasteiger partial charge in [0.25, 0.3) is 0 Å². The molecule has 3 heterocycles. The SMILES string of the molecule is Cc1nn(C)c(C)c1S(=O)(=O)C1C2OC3CCCCC3OC2C(C#N)C2OC3CCCCC3OC21. The first-order valence-electron chi connectivity index (χ1n) is 13.1. The predicted octanol–water partition coefficient (Wildman–Crippen LogP) is 2.52. The zero-order valence-electron chi connectivity index (χ0n) is 20.6. The highest BCUT2D eigenvalue weighted by Gasteiger charge is 2.64. The molecule has 0 aromatic carbocycles. The fourth-order valence-electron chi connectivity index (χ4n) is 7.15. The quantitative estimate of drug-likeness (QED) is 0.603. The maximum absolute atomic E-state index is 14.5. The van der Waals surface area contributed by atoms with Gasteiger partial charge in [-0.1, -0.05) is 25.7 Å². The van der Waals surface area contributed by atoms with Gasteiger partial charge >= 0.3 is 0 Å². The summed E-state index contributed by atoms with van der Waals surface area (Å²) >= 11 is 0. The van der Waals surface area contributed by atoms with E-state index in [0.29, 0.717) is 11.4 Å². The number of fused-ring (bicyclic) bond motifs is 4. The second kappa shape index (κ2) is 8.80. The molecule has 10 heteroatoms. The molecule has 8 atom stereocenters. The van der Waals surface area contributed by atoms with Crippen LogP contribution in [0.3, 0.4) is 0 Å². The molecule has 2 saturated heterocycles. The molecule has 6 rings (SSSR count). The van der Waals surface area contributed by atoms with Crippen molar-refractivity contribution in [2.75, 3.05) is 0 Å². The first-order chi connectivity index (χ1) is 16.8. The fourth-order valence-corrected chi connectivity index (χ4v) is 9.56. The van der Waals surface area contributed by atoms with Crippen molar-refractivity contribution in [3.63, 3.8) is 0 Å². The number of hydrogen-bond donors (Lipinski definition) is 0. The van der Waals surface area contributed by atoms with Gasteiger partial charge < -0.3 is 18.9 Å². The molecule has 0 bridgehead atoms. The largest absolute Gasteiger partial charge is 0.368 e. The van der Waals surface area contributed by atoms with Gasteiger partial charge in [0.15, 0.2) is 9.84 Å². The Morgan fingerprint density at radius 1 is 0.829 bits per heavy atom. The predicted molar refractivity (Wildman–Crippen MR) is 124 cm³/mol. The van der Waals surface area contributed by atoms with Crippen LogP contribution in [0.4, 0.5) is 0 Å². The van der Waals surface area contributed by atoms with E-state index in [-0.39, 0.29) is 29.3 Å². The van der Waals surface area contributed by atoms with Crippen LogP contribution < -0.4 is 0 Å². The molecule has 5 aliphatic rings. The molecule has 8 unspecified atom stereocenters. The van der Waals surface area contributed by atoms with Crippen LogP contribution in [0.5, 0.6) is 0 Å². The maximum Gasteiger partial charge on any atom is 0.190 e. The minimum atomic E-state index is -3.95. The summed E-state index contributed by atoms with van der Waals surface area (Å²) in [5.74, 6) is -0.654. The summed E-state index contributed by atoms with van der Waals surface area (Å²) in [7, 11) is -2.20. The minimum Gasteiger partial charge on any atom is -0.368 e. The number of ether oxygens (including phenoxy) is 4. The molecule has 0 amide bonds. The van der Waals surface area contributed by atoms with Gasteiger partial charge in [-0.15, -0.1) is 0 Å². The van der Waals surface area contributed by atoms with Gasteiger partial charge in [0.1, 0.15) is 40.5 Å². The van der Waals surface area contributed by atoms with Crippen LogP contribution in [0.1, 0.15) is 62.8 Å². The summed E-state index contributed by atoms with van der Waals surface area (Å²) in [6.45, 7) is 3.49. The van der Waals surface area contributed by atoms with Crippen LogP contribution in [0.25, 0.3) is 0 Å². The van der Waals surface area contributed by atoms with Crippen LogP contribution in [-0.4, -0.2) is 72.3 Å². The molecule has 0 radical (unpaired) electrons. The van der Waals surface area contributed by atoms with E-state index in [1.165, 1.54) is 0 Å².